The zero-order chi connectivity index (χ0) is 16.6. The fraction of sp³-hybridized carbons (Fsp3) is 0.529. The molecule has 128 valence electrons. The Morgan fingerprint density at radius 2 is 2.12 bits per heavy atom. The van der Waals surface area contributed by atoms with E-state index in [1.807, 2.05) is 29.0 Å². The Morgan fingerprint density at radius 3 is 2.83 bits per heavy atom. The van der Waals surface area contributed by atoms with E-state index >= 15 is 0 Å². The first-order valence-corrected chi connectivity index (χ1v) is 8.39. The van der Waals surface area contributed by atoms with Crippen LogP contribution in [0.1, 0.15) is 12.0 Å². The average Bonchev–Trinajstić information content (AvgIpc) is 3.24. The minimum absolute atomic E-state index is 0.302. The van der Waals surface area contributed by atoms with E-state index < -0.39 is 11.5 Å². The van der Waals surface area contributed by atoms with Crippen LogP contribution in [0, 0.1) is 0 Å². The Kier molecular flexibility index (Phi) is 3.99. The van der Waals surface area contributed by atoms with Gasteiger partial charge in [0.15, 0.2) is 0 Å². The van der Waals surface area contributed by atoms with Crippen LogP contribution >= 0.6 is 0 Å². The standard InChI is InChI=1S/C17H22N4O3/c22-16(23)17(4-10-24-13-17)20-8-6-19(7-9-20)12-14-11-18-21-5-2-1-3-15(14)21/h1-3,5,11H,4,6-10,12-13H2,(H,22,23). The summed E-state index contributed by atoms with van der Waals surface area (Å²) in [5, 5.41) is 14.0. The molecular weight excluding hydrogens is 308 g/mol. The van der Waals surface area contributed by atoms with Crippen molar-refractivity contribution in [2.45, 2.75) is 18.5 Å². The lowest BCUT2D eigenvalue weighted by Gasteiger charge is -2.42. The van der Waals surface area contributed by atoms with Gasteiger partial charge in [-0.15, -0.1) is 0 Å². The number of fused-ring (bicyclic) bond motifs is 1. The van der Waals surface area contributed by atoms with Crippen molar-refractivity contribution < 1.29 is 14.6 Å². The van der Waals surface area contributed by atoms with Gasteiger partial charge in [-0.25, -0.2) is 4.52 Å². The van der Waals surface area contributed by atoms with Gasteiger partial charge in [-0.05, 0) is 12.1 Å². The van der Waals surface area contributed by atoms with Gasteiger partial charge < -0.3 is 9.84 Å². The topological polar surface area (TPSA) is 70.3 Å². The summed E-state index contributed by atoms with van der Waals surface area (Å²) in [6.07, 6.45) is 4.45. The lowest BCUT2D eigenvalue weighted by molar-refractivity contribution is -0.153. The highest BCUT2D eigenvalue weighted by atomic mass is 16.5. The number of carboxylic acid groups (broad SMARTS) is 1. The first-order chi connectivity index (χ1) is 11.7. The number of pyridine rings is 1. The van der Waals surface area contributed by atoms with Crippen molar-refractivity contribution in [3.8, 4) is 0 Å². The van der Waals surface area contributed by atoms with E-state index in [1.165, 1.54) is 5.56 Å². The summed E-state index contributed by atoms with van der Waals surface area (Å²) in [4.78, 5) is 16.2. The normalized spacial score (nSPS) is 26.2. The van der Waals surface area contributed by atoms with E-state index in [0.717, 1.165) is 38.2 Å². The highest BCUT2D eigenvalue weighted by molar-refractivity contribution is 5.79. The van der Waals surface area contributed by atoms with Gasteiger partial charge in [0, 0.05) is 57.5 Å². The number of aromatic nitrogens is 2. The van der Waals surface area contributed by atoms with Gasteiger partial charge in [-0.3, -0.25) is 14.6 Å². The SMILES string of the molecule is O=C(O)C1(N2CCN(Cc3cnn4ccccc34)CC2)CCOC1. The summed E-state index contributed by atoms with van der Waals surface area (Å²) in [5.41, 5.74) is 1.52. The molecule has 2 aromatic heterocycles. The predicted octanol–water partition coefficient (Wildman–Crippen LogP) is 0.696. The number of carbonyl (C=O) groups is 1. The molecule has 0 spiro atoms. The number of hydrogen-bond acceptors (Lipinski definition) is 5. The lowest BCUT2D eigenvalue weighted by atomic mass is 9.95. The van der Waals surface area contributed by atoms with Crippen molar-refractivity contribution in [2.24, 2.45) is 0 Å². The molecule has 1 N–H and O–H groups in total. The van der Waals surface area contributed by atoms with Gasteiger partial charge in [0.05, 0.1) is 18.3 Å². The smallest absolute Gasteiger partial charge is 0.326 e. The van der Waals surface area contributed by atoms with Gasteiger partial charge in [0.1, 0.15) is 5.54 Å². The van der Waals surface area contributed by atoms with Crippen LogP contribution in [0.2, 0.25) is 0 Å². The van der Waals surface area contributed by atoms with Crippen LogP contribution in [0.25, 0.3) is 5.52 Å². The molecule has 24 heavy (non-hydrogen) atoms. The molecule has 7 heteroatoms. The molecule has 0 aromatic carbocycles. The molecule has 4 rings (SSSR count). The van der Waals surface area contributed by atoms with Crippen LogP contribution in [0.4, 0.5) is 0 Å². The molecule has 7 nitrogen and oxygen atoms in total. The fourth-order valence-corrected chi connectivity index (χ4v) is 3.79. The van der Waals surface area contributed by atoms with E-state index in [2.05, 4.69) is 21.0 Å². The molecule has 2 aliphatic heterocycles. The molecule has 2 fully saturated rings. The van der Waals surface area contributed by atoms with E-state index in [-0.39, 0.29) is 0 Å². The second-order valence-corrected chi connectivity index (χ2v) is 6.60. The summed E-state index contributed by atoms with van der Waals surface area (Å²) >= 11 is 0. The second kappa shape index (κ2) is 6.16. The summed E-state index contributed by atoms with van der Waals surface area (Å²) in [7, 11) is 0. The predicted molar refractivity (Wildman–Crippen MR) is 87.8 cm³/mol. The molecule has 0 bridgehead atoms. The van der Waals surface area contributed by atoms with Crippen LogP contribution in [0.3, 0.4) is 0 Å². The molecule has 1 atom stereocenters. The van der Waals surface area contributed by atoms with Crippen molar-refractivity contribution in [2.75, 3.05) is 39.4 Å². The van der Waals surface area contributed by atoms with Gasteiger partial charge in [0.2, 0.25) is 0 Å². The third-order valence-corrected chi connectivity index (χ3v) is 5.28. The number of hydrogen-bond donors (Lipinski definition) is 1. The molecule has 1 unspecified atom stereocenters. The Labute approximate surface area is 140 Å². The first-order valence-electron chi connectivity index (χ1n) is 8.39. The molecule has 0 radical (unpaired) electrons. The zero-order valence-corrected chi connectivity index (χ0v) is 13.6. The Morgan fingerprint density at radius 1 is 1.29 bits per heavy atom. The maximum Gasteiger partial charge on any atom is 0.326 e. The Hall–Kier alpha value is -1.96. The summed E-state index contributed by atoms with van der Waals surface area (Å²) in [5.74, 6) is -0.754. The maximum atomic E-state index is 11.8. The Bertz CT molecular complexity index is 730. The summed E-state index contributed by atoms with van der Waals surface area (Å²) in [6, 6.07) is 6.07. The van der Waals surface area contributed by atoms with Gasteiger partial charge >= 0.3 is 5.97 Å². The zero-order valence-electron chi connectivity index (χ0n) is 13.6. The van der Waals surface area contributed by atoms with Crippen molar-refractivity contribution in [3.63, 3.8) is 0 Å². The maximum absolute atomic E-state index is 11.8. The number of ether oxygens (including phenoxy) is 1. The number of piperazine rings is 1. The molecule has 2 aliphatic rings. The monoisotopic (exact) mass is 330 g/mol. The first kappa shape index (κ1) is 15.6. The Balaban J connectivity index is 1.42. The average molecular weight is 330 g/mol. The van der Waals surface area contributed by atoms with Crippen molar-refractivity contribution in [1.29, 1.82) is 0 Å². The number of rotatable bonds is 4. The molecule has 0 saturated carbocycles. The minimum Gasteiger partial charge on any atom is -0.480 e. The number of aliphatic carboxylic acids is 1. The van der Waals surface area contributed by atoms with E-state index in [9.17, 15) is 9.90 Å². The highest BCUT2D eigenvalue weighted by Crippen LogP contribution is 2.28. The van der Waals surface area contributed by atoms with E-state index in [0.29, 0.717) is 19.6 Å². The van der Waals surface area contributed by atoms with Crippen LogP contribution in [-0.4, -0.2) is 75.4 Å². The van der Waals surface area contributed by atoms with Crippen LogP contribution in [-0.2, 0) is 16.1 Å². The van der Waals surface area contributed by atoms with Crippen molar-refractivity contribution in [3.05, 3.63) is 36.2 Å². The van der Waals surface area contributed by atoms with Crippen LogP contribution < -0.4 is 0 Å². The van der Waals surface area contributed by atoms with Crippen LogP contribution in [0.5, 0.6) is 0 Å². The fourth-order valence-electron chi connectivity index (χ4n) is 3.79. The summed E-state index contributed by atoms with van der Waals surface area (Å²) in [6.45, 7) is 4.92. The van der Waals surface area contributed by atoms with E-state index in [1.54, 1.807) is 0 Å². The van der Waals surface area contributed by atoms with Crippen molar-refractivity contribution in [1.82, 2.24) is 19.4 Å². The summed E-state index contributed by atoms with van der Waals surface area (Å²) < 4.78 is 7.28. The van der Waals surface area contributed by atoms with E-state index in [4.69, 9.17) is 4.74 Å². The third kappa shape index (κ3) is 2.58. The lowest BCUT2D eigenvalue weighted by Crippen LogP contribution is -2.61. The van der Waals surface area contributed by atoms with Crippen LogP contribution in [0.15, 0.2) is 30.6 Å². The number of carboxylic acids is 1. The van der Waals surface area contributed by atoms with Gasteiger partial charge in [0.25, 0.3) is 0 Å². The third-order valence-electron chi connectivity index (χ3n) is 5.28. The van der Waals surface area contributed by atoms with Gasteiger partial charge in [-0.2, -0.15) is 5.10 Å². The second-order valence-electron chi connectivity index (χ2n) is 6.60. The molecule has 2 saturated heterocycles. The quantitative estimate of drug-likeness (QED) is 0.890. The molecule has 0 amide bonds. The molecule has 0 aliphatic carbocycles. The molecular formula is C17H22N4O3. The molecule has 2 aromatic rings. The highest BCUT2D eigenvalue weighted by Gasteiger charge is 2.48. The minimum atomic E-state index is -0.823. The number of nitrogens with zero attached hydrogens (tertiary/aromatic N) is 4. The van der Waals surface area contributed by atoms with Crippen molar-refractivity contribution >= 4 is 11.5 Å². The molecule has 4 heterocycles. The van der Waals surface area contributed by atoms with Gasteiger partial charge in [-0.1, -0.05) is 6.07 Å². The largest absolute Gasteiger partial charge is 0.480 e.